The second-order valence-corrected chi connectivity index (χ2v) is 14.5. The van der Waals surface area contributed by atoms with E-state index in [0.717, 1.165) is 27.8 Å². The third-order valence-electron chi connectivity index (χ3n) is 9.37. The molecule has 10 rings (SSSR count). The van der Waals surface area contributed by atoms with Crippen LogP contribution in [0.3, 0.4) is 0 Å². The number of fused-ring (bicyclic) bond motifs is 6. The third kappa shape index (κ3) is 4.90. The van der Waals surface area contributed by atoms with Crippen molar-refractivity contribution in [1.29, 1.82) is 0 Å². The highest BCUT2D eigenvalue weighted by molar-refractivity contribution is 7.26. The lowest BCUT2D eigenvalue weighted by Gasteiger charge is -2.13. The van der Waals surface area contributed by atoms with Crippen LogP contribution < -0.4 is 0 Å². The summed E-state index contributed by atoms with van der Waals surface area (Å²) in [6, 6.07) is 57.9. The molecule has 0 spiro atoms. The van der Waals surface area contributed by atoms with Crippen LogP contribution in [-0.2, 0) is 0 Å². The molecule has 0 unspecified atom stereocenters. The molecule has 234 valence electrons. The minimum absolute atomic E-state index is 0.653. The second-order valence-electron chi connectivity index (χ2n) is 12.4. The van der Waals surface area contributed by atoms with Crippen LogP contribution in [0.2, 0.25) is 0 Å². The van der Waals surface area contributed by atoms with Gasteiger partial charge in [-0.15, -0.1) is 22.7 Å². The van der Waals surface area contributed by atoms with E-state index < -0.39 is 0 Å². The number of hydrogen-bond donors (Lipinski definition) is 0. The smallest absolute Gasteiger partial charge is 0.165 e. The summed E-state index contributed by atoms with van der Waals surface area (Å²) in [6.07, 6.45) is 0. The van der Waals surface area contributed by atoms with Crippen molar-refractivity contribution in [2.24, 2.45) is 0 Å². The van der Waals surface area contributed by atoms with Gasteiger partial charge in [-0.1, -0.05) is 133 Å². The molecular weight excluding hydrogens is 647 g/mol. The van der Waals surface area contributed by atoms with Gasteiger partial charge in [0.2, 0.25) is 0 Å². The van der Waals surface area contributed by atoms with Crippen molar-refractivity contribution in [1.82, 2.24) is 15.0 Å². The Hall–Kier alpha value is -6.01. The lowest BCUT2D eigenvalue weighted by atomic mass is 9.95. The molecule has 0 saturated carbocycles. The molecule has 0 N–H and O–H groups in total. The molecule has 5 heteroatoms. The van der Waals surface area contributed by atoms with Crippen LogP contribution in [0.25, 0.3) is 96.8 Å². The van der Waals surface area contributed by atoms with Crippen molar-refractivity contribution >= 4 is 63.0 Å². The summed E-state index contributed by atoms with van der Waals surface area (Å²) in [6.45, 7) is 0. The maximum atomic E-state index is 5.27. The van der Waals surface area contributed by atoms with Crippen molar-refractivity contribution in [3.63, 3.8) is 0 Å². The Morgan fingerprint density at radius 2 is 0.860 bits per heavy atom. The van der Waals surface area contributed by atoms with E-state index in [4.69, 9.17) is 15.0 Å². The van der Waals surface area contributed by atoms with Crippen molar-refractivity contribution < 1.29 is 0 Å². The van der Waals surface area contributed by atoms with Gasteiger partial charge in [0, 0.05) is 57.0 Å². The fourth-order valence-electron chi connectivity index (χ4n) is 6.96. The maximum absolute atomic E-state index is 5.27. The van der Waals surface area contributed by atoms with Crippen molar-refractivity contribution in [2.75, 3.05) is 0 Å². The van der Waals surface area contributed by atoms with Gasteiger partial charge in [-0.05, 0) is 52.6 Å². The normalized spacial score (nSPS) is 11.6. The zero-order chi connectivity index (χ0) is 33.0. The number of rotatable bonds is 5. The summed E-state index contributed by atoms with van der Waals surface area (Å²) in [4.78, 5) is 15.7. The maximum Gasteiger partial charge on any atom is 0.165 e. The van der Waals surface area contributed by atoms with Gasteiger partial charge in [0.15, 0.2) is 17.5 Å². The van der Waals surface area contributed by atoms with Crippen LogP contribution in [0.5, 0.6) is 0 Å². The van der Waals surface area contributed by atoms with Crippen LogP contribution in [0.15, 0.2) is 164 Å². The Kier molecular flexibility index (Phi) is 6.86. The third-order valence-corrected chi connectivity index (χ3v) is 11.7. The first-order valence-electron chi connectivity index (χ1n) is 16.6. The quantitative estimate of drug-likeness (QED) is 0.182. The molecule has 50 heavy (non-hydrogen) atoms. The van der Waals surface area contributed by atoms with Crippen molar-refractivity contribution in [3.05, 3.63) is 164 Å². The van der Waals surface area contributed by atoms with Crippen LogP contribution in [0.1, 0.15) is 0 Å². The van der Waals surface area contributed by atoms with Gasteiger partial charge in [0.25, 0.3) is 0 Å². The summed E-state index contributed by atoms with van der Waals surface area (Å²) in [7, 11) is 0. The summed E-state index contributed by atoms with van der Waals surface area (Å²) in [5, 5.41) is 5.00. The lowest BCUT2D eigenvalue weighted by molar-refractivity contribution is 1.08. The predicted molar refractivity (Wildman–Crippen MR) is 213 cm³/mol. The molecule has 0 bridgehead atoms. The molecular formula is C45H27N3S2. The summed E-state index contributed by atoms with van der Waals surface area (Å²) in [5.41, 5.74) is 7.50. The fourth-order valence-corrected chi connectivity index (χ4v) is 9.32. The van der Waals surface area contributed by atoms with Gasteiger partial charge in [-0.3, -0.25) is 0 Å². The molecule has 0 fully saturated rings. The van der Waals surface area contributed by atoms with Crippen LogP contribution in [0, 0.1) is 0 Å². The highest BCUT2D eigenvalue weighted by atomic mass is 32.1. The van der Waals surface area contributed by atoms with Crippen LogP contribution in [0.4, 0.5) is 0 Å². The minimum Gasteiger partial charge on any atom is -0.208 e. The molecule has 3 aromatic heterocycles. The van der Waals surface area contributed by atoms with Crippen molar-refractivity contribution in [3.8, 4) is 56.4 Å². The monoisotopic (exact) mass is 673 g/mol. The van der Waals surface area contributed by atoms with E-state index in [2.05, 4.69) is 164 Å². The second kappa shape index (κ2) is 11.8. The predicted octanol–water partition coefficient (Wildman–Crippen LogP) is 12.9. The molecule has 0 atom stereocenters. The van der Waals surface area contributed by atoms with Gasteiger partial charge in [0.1, 0.15) is 0 Å². The van der Waals surface area contributed by atoms with E-state index in [-0.39, 0.29) is 0 Å². The molecule has 0 aliphatic heterocycles. The molecule has 0 saturated heterocycles. The molecule has 0 radical (unpaired) electrons. The first kappa shape index (κ1) is 29.0. The number of benzene rings is 7. The van der Waals surface area contributed by atoms with E-state index in [9.17, 15) is 0 Å². The number of nitrogens with zero attached hydrogens (tertiary/aromatic N) is 3. The zero-order valence-corrected chi connectivity index (χ0v) is 28.4. The highest BCUT2D eigenvalue weighted by Crippen LogP contribution is 2.41. The Balaban J connectivity index is 1.20. The number of aromatic nitrogens is 3. The molecule has 10 aromatic rings. The molecule has 0 aliphatic carbocycles. The van der Waals surface area contributed by atoms with Gasteiger partial charge in [-0.25, -0.2) is 15.0 Å². The zero-order valence-electron chi connectivity index (χ0n) is 26.7. The van der Waals surface area contributed by atoms with E-state index in [1.807, 2.05) is 0 Å². The molecule has 0 amide bonds. The summed E-state index contributed by atoms with van der Waals surface area (Å²) >= 11 is 3.60. The SMILES string of the molecule is c1ccc(-c2cccc(-c3ccccc3-c3nc(-c4ccc5c(c4)sc4ccccc45)nc(-c4cccc5c4sc4ccccc45)n3)c2)cc1. The van der Waals surface area contributed by atoms with Gasteiger partial charge >= 0.3 is 0 Å². The Bertz CT molecular complexity index is 2890. The van der Waals surface area contributed by atoms with E-state index in [1.54, 1.807) is 22.7 Å². The minimum atomic E-state index is 0.653. The molecule has 3 heterocycles. The topological polar surface area (TPSA) is 38.7 Å². The average Bonchev–Trinajstić information content (AvgIpc) is 3.76. The largest absolute Gasteiger partial charge is 0.208 e. The number of thiophene rings is 2. The fraction of sp³-hybridized carbons (Fsp3) is 0. The molecule has 3 nitrogen and oxygen atoms in total. The number of hydrogen-bond acceptors (Lipinski definition) is 5. The Labute approximate surface area is 296 Å². The van der Waals surface area contributed by atoms with Crippen LogP contribution in [-0.4, -0.2) is 15.0 Å². The van der Waals surface area contributed by atoms with Gasteiger partial charge < -0.3 is 0 Å². The van der Waals surface area contributed by atoms with E-state index in [0.29, 0.717) is 17.5 Å². The van der Waals surface area contributed by atoms with Gasteiger partial charge in [0.05, 0.1) is 0 Å². The Morgan fingerprint density at radius 3 is 1.70 bits per heavy atom. The van der Waals surface area contributed by atoms with Gasteiger partial charge in [-0.2, -0.15) is 0 Å². The summed E-state index contributed by atoms with van der Waals surface area (Å²) < 4.78 is 4.93. The summed E-state index contributed by atoms with van der Waals surface area (Å²) in [5.74, 6) is 1.99. The molecule has 7 aromatic carbocycles. The van der Waals surface area contributed by atoms with Crippen molar-refractivity contribution in [2.45, 2.75) is 0 Å². The average molecular weight is 674 g/mol. The lowest BCUT2D eigenvalue weighted by Crippen LogP contribution is -2.01. The van der Waals surface area contributed by atoms with E-state index >= 15 is 0 Å². The van der Waals surface area contributed by atoms with Crippen LogP contribution >= 0.6 is 22.7 Å². The standard InChI is InChI=1S/C45H27N3S2/c1-2-12-28(13-3-1)29-14-10-15-30(26-29)32-16-4-5-19-37(32)44-46-43(31-24-25-35-33-17-6-8-22-39(33)49-41(35)27-31)47-45(48-44)38-21-11-20-36-34-18-7-9-23-40(34)50-42(36)38/h1-27H. The highest BCUT2D eigenvalue weighted by Gasteiger charge is 2.19. The van der Waals surface area contributed by atoms with E-state index in [1.165, 1.54) is 51.5 Å². The first-order valence-corrected chi connectivity index (χ1v) is 18.2. The first-order chi connectivity index (χ1) is 24.8. The molecule has 0 aliphatic rings. The Morgan fingerprint density at radius 1 is 0.300 bits per heavy atom.